The minimum atomic E-state index is -0.360. The van der Waals surface area contributed by atoms with Gasteiger partial charge in [-0.05, 0) is 102 Å². The number of nitrogens with zero attached hydrogens (tertiary/aromatic N) is 9. The lowest BCUT2D eigenvalue weighted by Crippen LogP contribution is -2.38. The van der Waals surface area contributed by atoms with Crippen molar-refractivity contribution in [2.45, 2.75) is 88.9 Å². The number of amides is 2. The lowest BCUT2D eigenvalue weighted by molar-refractivity contribution is -0.120. The number of carbonyl (C=O) groups excluding carboxylic acids is 2. The third-order valence-electron chi connectivity index (χ3n) is 17.4. The van der Waals surface area contributed by atoms with Gasteiger partial charge in [-0.2, -0.15) is 0 Å². The van der Waals surface area contributed by atoms with Crippen molar-refractivity contribution < 1.29 is 37.3 Å². The van der Waals surface area contributed by atoms with Crippen molar-refractivity contribution in [1.82, 2.24) is 19.9 Å². The van der Waals surface area contributed by atoms with Gasteiger partial charge in [0.15, 0.2) is 0 Å². The summed E-state index contributed by atoms with van der Waals surface area (Å²) in [5.41, 5.74) is 10.8. The summed E-state index contributed by atoms with van der Waals surface area (Å²) in [6.45, 7) is 16.7. The van der Waals surface area contributed by atoms with Crippen LogP contribution in [0.25, 0.3) is 21.8 Å². The van der Waals surface area contributed by atoms with Crippen molar-refractivity contribution in [3.8, 4) is 0 Å². The van der Waals surface area contributed by atoms with Gasteiger partial charge in [0.2, 0.25) is 11.8 Å². The highest BCUT2D eigenvalue weighted by Gasteiger charge is 2.47. The van der Waals surface area contributed by atoms with Crippen molar-refractivity contribution in [1.29, 1.82) is 0 Å². The van der Waals surface area contributed by atoms with E-state index < -0.39 is 0 Å². The van der Waals surface area contributed by atoms with Crippen LogP contribution in [0.3, 0.4) is 0 Å². The molecule has 16 nitrogen and oxygen atoms in total. The number of benzene rings is 2. The molecule has 6 saturated heterocycles. The van der Waals surface area contributed by atoms with Gasteiger partial charge >= 0.3 is 0 Å². The smallest absolute Gasteiger partial charge is 0.228 e. The Bertz CT molecular complexity index is 3270. The van der Waals surface area contributed by atoms with E-state index in [1.807, 2.05) is 25.4 Å². The fourth-order valence-corrected chi connectivity index (χ4v) is 13.2. The number of morpholine rings is 2. The van der Waals surface area contributed by atoms with Crippen LogP contribution in [-0.4, -0.2) is 137 Å². The molecule has 8 aliphatic rings. The topological polar surface area (TPSA) is 151 Å². The highest BCUT2D eigenvalue weighted by atomic mass is 35.5. The Labute approximate surface area is 464 Å². The van der Waals surface area contributed by atoms with E-state index >= 15 is 0 Å². The zero-order valence-corrected chi connectivity index (χ0v) is 46.0. The first-order valence-electron chi connectivity index (χ1n) is 28.3. The van der Waals surface area contributed by atoms with Gasteiger partial charge in [-0.3, -0.25) is 29.4 Å². The van der Waals surface area contributed by atoms with Gasteiger partial charge in [0.1, 0.15) is 23.3 Å². The Hall–Kier alpha value is -6.31. The predicted molar refractivity (Wildman–Crippen MR) is 304 cm³/mol. The maximum Gasteiger partial charge on any atom is 0.228 e. The first-order valence-corrected chi connectivity index (χ1v) is 28.7. The van der Waals surface area contributed by atoms with Gasteiger partial charge in [0.25, 0.3) is 0 Å². The van der Waals surface area contributed by atoms with Crippen LogP contribution in [-0.2, 0) is 39.4 Å². The van der Waals surface area contributed by atoms with Crippen LogP contribution in [0.2, 0.25) is 5.02 Å². The molecule has 416 valence electrons. The summed E-state index contributed by atoms with van der Waals surface area (Å²) in [6, 6.07) is 13.7. The first-order chi connectivity index (χ1) is 38.5. The number of piperidine rings is 2. The Balaban J connectivity index is 0.000000131. The standard InChI is InChI=1S/C30H34FN5O3.C15H14ClFN2O.C15H21N3O2/c1-20-27(23-6-5-21(31)16-24(23)33-29(20)35-9-3-2-4-26(35)37)36-19-30(7-12-38-13-8-30)28-25(36)17-22(18-32-28)34-10-14-39-15-11-34;1-9-14(16)11-6-5-10(17)8-12(11)18-15(9)19-7-3-2-4-13(19)20;1-5-19-6-2-15(1)11-17-13-9-12(10-16-14(13)15)18-3-7-20-8-4-18/h5-6,16-18H,2-4,7-15,19H2,1H3;5-6,8H,2-4,7H2,1H3;9-10,17H,1-8,11H2. The highest BCUT2D eigenvalue weighted by molar-refractivity contribution is 6.36. The summed E-state index contributed by atoms with van der Waals surface area (Å²) < 4.78 is 50.2. The molecule has 0 unspecified atom stereocenters. The monoisotopic (exact) mass is 1100 g/mol. The van der Waals surface area contributed by atoms with E-state index in [0.717, 1.165) is 156 Å². The number of carbonyl (C=O) groups is 2. The summed E-state index contributed by atoms with van der Waals surface area (Å²) >= 11 is 6.35. The van der Waals surface area contributed by atoms with E-state index in [2.05, 4.69) is 44.1 Å². The highest BCUT2D eigenvalue weighted by Crippen LogP contribution is 2.52. The molecule has 0 saturated carbocycles. The van der Waals surface area contributed by atoms with Gasteiger partial charge in [0, 0.05) is 136 Å². The summed E-state index contributed by atoms with van der Waals surface area (Å²) in [6.07, 6.45) is 12.7. The molecule has 2 amide bonds. The second kappa shape index (κ2) is 22.7. The zero-order valence-electron chi connectivity index (χ0n) is 45.3. The number of ether oxygens (including phenoxy) is 4. The molecule has 4 aromatic heterocycles. The largest absolute Gasteiger partial charge is 0.383 e. The number of hydrogen-bond acceptors (Lipinski definition) is 14. The molecule has 79 heavy (non-hydrogen) atoms. The van der Waals surface area contributed by atoms with Crippen LogP contribution < -0.4 is 29.8 Å². The number of hydrogen-bond donors (Lipinski definition) is 1. The Morgan fingerprint density at radius 3 is 1.66 bits per heavy atom. The average molecular weight is 1100 g/mol. The summed E-state index contributed by atoms with van der Waals surface area (Å²) in [4.78, 5) is 54.8. The molecule has 6 fully saturated rings. The summed E-state index contributed by atoms with van der Waals surface area (Å²) in [7, 11) is 0. The van der Waals surface area contributed by atoms with Crippen LogP contribution >= 0.6 is 11.6 Å². The van der Waals surface area contributed by atoms with E-state index in [4.69, 9.17) is 45.5 Å². The van der Waals surface area contributed by atoms with E-state index in [1.165, 1.54) is 41.3 Å². The van der Waals surface area contributed by atoms with Gasteiger partial charge in [-0.1, -0.05) is 11.6 Å². The van der Waals surface area contributed by atoms with E-state index in [0.29, 0.717) is 85.4 Å². The van der Waals surface area contributed by atoms with E-state index in [9.17, 15) is 18.4 Å². The molecule has 1 N–H and O–H groups in total. The van der Waals surface area contributed by atoms with Crippen LogP contribution in [0, 0.1) is 25.5 Å². The SMILES string of the molecule is Cc1c(N2CCCCC2=O)nc2cc(F)ccc2c1Cl.Cc1c(N2CCCCC2=O)nc2cc(F)ccc2c1N1CC2(CCOCC2)c2ncc(N3CCOCC3)cc21.c1nc2c(cc1N1CCOCC1)NCC21CCOCC1. The average Bonchev–Trinajstić information content (AvgIpc) is 4.19. The van der Waals surface area contributed by atoms with Gasteiger partial charge in [-0.25, -0.2) is 18.7 Å². The molecule has 2 aromatic carbocycles. The normalized spacial score (nSPS) is 20.7. The first kappa shape index (κ1) is 53.3. The fraction of sp³-hybridized carbons (Fsp3) is 0.500. The molecule has 2 spiro atoms. The number of rotatable bonds is 5. The number of fused-ring (bicyclic) bond motifs is 6. The van der Waals surface area contributed by atoms with Crippen molar-refractivity contribution in [3.05, 3.63) is 100 Å². The molecule has 0 aliphatic carbocycles. The molecule has 0 radical (unpaired) electrons. The van der Waals surface area contributed by atoms with Crippen LogP contribution in [0.15, 0.2) is 60.9 Å². The van der Waals surface area contributed by atoms with Gasteiger partial charge in [-0.15, -0.1) is 0 Å². The van der Waals surface area contributed by atoms with Crippen molar-refractivity contribution in [2.24, 2.45) is 0 Å². The lowest BCUT2D eigenvalue weighted by atomic mass is 9.78. The molecule has 0 atom stereocenters. The molecule has 0 bridgehead atoms. The summed E-state index contributed by atoms with van der Waals surface area (Å²) in [5, 5.41) is 5.69. The molecule has 14 rings (SSSR count). The third kappa shape index (κ3) is 10.4. The maximum atomic E-state index is 14.5. The minimum absolute atomic E-state index is 0.0543. The Kier molecular flexibility index (Phi) is 15.3. The molecular formula is C60H69ClF2N10O6. The van der Waals surface area contributed by atoms with Gasteiger partial charge < -0.3 is 39.0 Å². The fourth-order valence-electron chi connectivity index (χ4n) is 12.9. The van der Waals surface area contributed by atoms with E-state index in [-0.39, 0.29) is 34.3 Å². The second-order valence-corrected chi connectivity index (χ2v) is 22.6. The Morgan fingerprint density at radius 2 is 1.08 bits per heavy atom. The lowest BCUT2D eigenvalue weighted by Gasteiger charge is -2.34. The zero-order chi connectivity index (χ0) is 54.3. The molecular weight excluding hydrogens is 1030 g/mol. The molecule has 6 aromatic rings. The quantitative estimate of drug-likeness (QED) is 0.174. The van der Waals surface area contributed by atoms with Gasteiger partial charge in [0.05, 0.1) is 94.7 Å². The third-order valence-corrected chi connectivity index (χ3v) is 17.9. The minimum Gasteiger partial charge on any atom is -0.383 e. The predicted octanol–water partition coefficient (Wildman–Crippen LogP) is 9.88. The molecule has 12 heterocycles. The Morgan fingerprint density at radius 1 is 0.570 bits per heavy atom. The molecule has 8 aliphatic heterocycles. The summed E-state index contributed by atoms with van der Waals surface area (Å²) in [5.74, 6) is 0.633. The van der Waals surface area contributed by atoms with Crippen LogP contribution in [0.5, 0.6) is 0 Å². The van der Waals surface area contributed by atoms with Crippen LogP contribution in [0.1, 0.15) is 86.7 Å². The number of halogens is 3. The number of anilines is 7. The second-order valence-electron chi connectivity index (χ2n) is 22.2. The number of pyridine rings is 4. The number of nitrogens with one attached hydrogen (secondary N) is 1. The van der Waals surface area contributed by atoms with Crippen LogP contribution in [0.4, 0.5) is 48.9 Å². The van der Waals surface area contributed by atoms with Crippen molar-refractivity contribution in [2.75, 3.05) is 135 Å². The molecule has 19 heteroatoms. The van der Waals surface area contributed by atoms with Crippen molar-refractivity contribution in [3.63, 3.8) is 0 Å². The van der Waals surface area contributed by atoms with E-state index in [1.54, 1.807) is 15.9 Å². The number of aromatic nitrogens is 4. The van der Waals surface area contributed by atoms with Crippen molar-refractivity contribution >= 4 is 85.3 Å². The maximum absolute atomic E-state index is 14.5.